The van der Waals surface area contributed by atoms with Gasteiger partial charge in [0.2, 0.25) is 5.78 Å². The van der Waals surface area contributed by atoms with Crippen molar-refractivity contribution in [3.8, 4) is 17.2 Å². The summed E-state index contributed by atoms with van der Waals surface area (Å²) in [5.74, 6) is -2.01. The maximum atomic E-state index is 13.2. The minimum absolute atomic E-state index is 0.00778. The highest BCUT2D eigenvalue weighted by molar-refractivity contribution is 6.31. The van der Waals surface area contributed by atoms with E-state index in [2.05, 4.69) is 0 Å². The van der Waals surface area contributed by atoms with Crippen molar-refractivity contribution in [1.82, 2.24) is 0 Å². The van der Waals surface area contributed by atoms with Crippen molar-refractivity contribution in [2.45, 2.75) is 32.6 Å². The molecule has 2 unspecified atom stereocenters. The lowest BCUT2D eigenvalue weighted by molar-refractivity contribution is -0.121. The van der Waals surface area contributed by atoms with Crippen LogP contribution in [0.4, 0.5) is 0 Å². The summed E-state index contributed by atoms with van der Waals surface area (Å²) in [6, 6.07) is 4.67. The van der Waals surface area contributed by atoms with E-state index in [4.69, 9.17) is 4.74 Å². The Morgan fingerprint density at radius 2 is 1.75 bits per heavy atom. The molecule has 0 amide bonds. The highest BCUT2D eigenvalue weighted by atomic mass is 16.5. The van der Waals surface area contributed by atoms with Gasteiger partial charge in [0, 0.05) is 22.6 Å². The van der Waals surface area contributed by atoms with Crippen LogP contribution in [0.25, 0.3) is 0 Å². The van der Waals surface area contributed by atoms with E-state index < -0.39 is 11.6 Å². The van der Waals surface area contributed by atoms with Gasteiger partial charge in [0.25, 0.3) is 0 Å². The molecule has 0 heterocycles. The zero-order valence-electron chi connectivity index (χ0n) is 15.8. The number of benzene rings is 2. The Labute approximate surface area is 161 Å². The van der Waals surface area contributed by atoms with Gasteiger partial charge in [-0.1, -0.05) is 19.1 Å². The number of ketones is 3. The van der Waals surface area contributed by atoms with Crippen LogP contribution in [-0.2, 0) is 11.2 Å². The van der Waals surface area contributed by atoms with Gasteiger partial charge >= 0.3 is 0 Å². The van der Waals surface area contributed by atoms with Crippen molar-refractivity contribution >= 4 is 17.3 Å². The Hall–Kier alpha value is -3.15. The van der Waals surface area contributed by atoms with Crippen LogP contribution >= 0.6 is 0 Å². The summed E-state index contributed by atoms with van der Waals surface area (Å²) < 4.78 is 5.24. The van der Waals surface area contributed by atoms with Crippen molar-refractivity contribution in [1.29, 1.82) is 0 Å². The van der Waals surface area contributed by atoms with Gasteiger partial charge in [0.05, 0.1) is 23.8 Å². The lowest BCUT2D eigenvalue weighted by Gasteiger charge is -2.32. The molecule has 6 heteroatoms. The van der Waals surface area contributed by atoms with Gasteiger partial charge in [-0.25, -0.2) is 0 Å². The summed E-state index contributed by atoms with van der Waals surface area (Å²) in [5, 5.41) is 21.9. The first-order chi connectivity index (χ1) is 13.3. The van der Waals surface area contributed by atoms with Crippen LogP contribution in [0.15, 0.2) is 18.2 Å². The number of hydrogen-bond acceptors (Lipinski definition) is 6. The topological polar surface area (TPSA) is 101 Å². The Morgan fingerprint density at radius 1 is 1.07 bits per heavy atom. The number of carbonyl (C=O) groups is 3. The minimum Gasteiger partial charge on any atom is -0.507 e. The molecule has 2 aromatic rings. The molecule has 2 aromatic carbocycles. The molecule has 2 aliphatic rings. The maximum Gasteiger partial charge on any atom is 0.202 e. The van der Waals surface area contributed by atoms with Gasteiger partial charge in [-0.15, -0.1) is 0 Å². The summed E-state index contributed by atoms with van der Waals surface area (Å²) in [5.41, 5.74) is 0.640. The quantitative estimate of drug-likeness (QED) is 0.663. The highest BCUT2D eigenvalue weighted by Crippen LogP contribution is 2.50. The second-order valence-electron chi connectivity index (χ2n) is 7.53. The fourth-order valence-corrected chi connectivity index (χ4v) is 4.54. The van der Waals surface area contributed by atoms with Gasteiger partial charge in [-0.05, 0) is 31.7 Å². The van der Waals surface area contributed by atoms with Crippen LogP contribution in [0, 0.1) is 5.92 Å². The molecule has 0 radical (unpaired) electrons. The van der Waals surface area contributed by atoms with Crippen LogP contribution in [0.5, 0.6) is 17.2 Å². The number of methoxy groups -OCH3 is 1. The molecule has 0 saturated carbocycles. The largest absolute Gasteiger partial charge is 0.507 e. The first kappa shape index (κ1) is 18.2. The first-order valence-corrected chi connectivity index (χ1v) is 9.15. The van der Waals surface area contributed by atoms with E-state index in [1.165, 1.54) is 20.1 Å². The first-order valence-electron chi connectivity index (χ1n) is 9.15. The smallest absolute Gasteiger partial charge is 0.202 e. The molecule has 0 aliphatic heterocycles. The van der Waals surface area contributed by atoms with Gasteiger partial charge in [-0.2, -0.15) is 0 Å². The minimum atomic E-state index is -0.557. The molecule has 2 atom stereocenters. The van der Waals surface area contributed by atoms with E-state index in [0.717, 1.165) is 0 Å². The normalized spacial score (nSPS) is 20.2. The maximum absolute atomic E-state index is 13.2. The fourth-order valence-electron chi connectivity index (χ4n) is 4.54. The lowest BCUT2D eigenvalue weighted by Crippen LogP contribution is -2.27. The van der Waals surface area contributed by atoms with Crippen LogP contribution in [-0.4, -0.2) is 34.7 Å². The molecule has 0 saturated heterocycles. The number of aromatic hydroxyl groups is 2. The van der Waals surface area contributed by atoms with Gasteiger partial charge < -0.3 is 14.9 Å². The fraction of sp³-hybridized carbons (Fsp3) is 0.318. The number of rotatable bonds is 2. The van der Waals surface area contributed by atoms with E-state index in [1.807, 2.05) is 6.92 Å². The second-order valence-corrected chi connectivity index (χ2v) is 7.53. The van der Waals surface area contributed by atoms with Gasteiger partial charge in [0.15, 0.2) is 5.78 Å². The molecule has 144 valence electrons. The van der Waals surface area contributed by atoms with Gasteiger partial charge in [-0.3, -0.25) is 14.4 Å². The number of Topliss-reactive ketones (excluding diaryl/α,β-unsaturated/α-hetero) is 1. The van der Waals surface area contributed by atoms with Crippen LogP contribution in [0.2, 0.25) is 0 Å². The van der Waals surface area contributed by atoms with E-state index in [9.17, 15) is 24.6 Å². The summed E-state index contributed by atoms with van der Waals surface area (Å²) >= 11 is 0. The molecule has 0 bridgehead atoms. The lowest BCUT2D eigenvalue weighted by atomic mass is 9.71. The monoisotopic (exact) mass is 380 g/mol. The Balaban J connectivity index is 2.02. The standard InChI is InChI=1S/C22H20O6/c1-9-7-11(10(2)23)8-13-15(9)21(26)18-17(20(13)25)19(24)12-5-4-6-14(28-3)16(12)22(18)27/h4-6,9,11,25-26H,7-8H2,1-3H3. The van der Waals surface area contributed by atoms with Crippen molar-refractivity contribution < 1.29 is 29.3 Å². The van der Waals surface area contributed by atoms with Crippen LogP contribution in [0.1, 0.15) is 69.2 Å². The number of phenolic OH excluding ortho intramolecular Hbond substituents is 2. The molecular weight excluding hydrogens is 360 g/mol. The molecule has 28 heavy (non-hydrogen) atoms. The van der Waals surface area contributed by atoms with E-state index in [0.29, 0.717) is 17.5 Å². The van der Waals surface area contributed by atoms with E-state index in [-0.39, 0.29) is 63.5 Å². The summed E-state index contributed by atoms with van der Waals surface area (Å²) in [6.07, 6.45) is 0.740. The zero-order valence-corrected chi connectivity index (χ0v) is 15.8. The molecule has 0 aromatic heterocycles. The molecule has 6 nitrogen and oxygen atoms in total. The number of ether oxygens (including phenoxy) is 1. The molecule has 2 aliphatic carbocycles. The predicted octanol–water partition coefficient (Wildman–Crippen LogP) is 3.14. The highest BCUT2D eigenvalue weighted by Gasteiger charge is 2.42. The van der Waals surface area contributed by atoms with E-state index >= 15 is 0 Å². The Morgan fingerprint density at radius 3 is 2.39 bits per heavy atom. The number of phenols is 2. The summed E-state index contributed by atoms with van der Waals surface area (Å²) in [4.78, 5) is 38.3. The molecular formula is C22H20O6. The average molecular weight is 380 g/mol. The average Bonchev–Trinajstić information content (AvgIpc) is 2.67. The molecule has 4 rings (SSSR count). The summed E-state index contributed by atoms with van der Waals surface area (Å²) in [6.45, 7) is 3.33. The van der Waals surface area contributed by atoms with Gasteiger partial charge in [0.1, 0.15) is 23.0 Å². The molecule has 2 N–H and O–H groups in total. The Bertz CT molecular complexity index is 1070. The summed E-state index contributed by atoms with van der Waals surface area (Å²) in [7, 11) is 1.40. The van der Waals surface area contributed by atoms with Crippen molar-refractivity contribution in [3.05, 3.63) is 51.6 Å². The third kappa shape index (κ3) is 2.30. The third-order valence-electron chi connectivity index (χ3n) is 5.92. The van der Waals surface area contributed by atoms with Crippen molar-refractivity contribution in [3.63, 3.8) is 0 Å². The SMILES string of the molecule is COc1cccc2c1C(=O)c1c(O)c3c(c(O)c1C2=O)CC(C(C)=O)CC3C. The third-order valence-corrected chi connectivity index (χ3v) is 5.92. The number of hydrogen-bond donors (Lipinski definition) is 2. The predicted molar refractivity (Wildman–Crippen MR) is 101 cm³/mol. The molecule has 0 fully saturated rings. The zero-order chi connectivity index (χ0) is 20.3. The molecule has 0 spiro atoms. The van der Waals surface area contributed by atoms with Crippen LogP contribution < -0.4 is 4.74 Å². The van der Waals surface area contributed by atoms with Crippen molar-refractivity contribution in [2.24, 2.45) is 5.92 Å². The van der Waals surface area contributed by atoms with Crippen LogP contribution in [0.3, 0.4) is 0 Å². The van der Waals surface area contributed by atoms with E-state index in [1.54, 1.807) is 12.1 Å². The number of carbonyl (C=O) groups excluding carboxylic acids is 3. The Kier molecular flexibility index (Phi) is 4.03. The number of fused-ring (bicyclic) bond motifs is 3. The second kappa shape index (κ2) is 6.19. The van der Waals surface area contributed by atoms with Crippen molar-refractivity contribution in [2.75, 3.05) is 7.11 Å².